The van der Waals surface area contributed by atoms with Gasteiger partial charge in [0.25, 0.3) is 5.91 Å². The predicted molar refractivity (Wildman–Crippen MR) is 120 cm³/mol. The van der Waals surface area contributed by atoms with E-state index in [0.717, 1.165) is 55.3 Å². The number of hydrogen-bond acceptors (Lipinski definition) is 5. The molecule has 7 heteroatoms. The number of methoxy groups -OCH3 is 1. The summed E-state index contributed by atoms with van der Waals surface area (Å²) in [6.45, 7) is 3.12. The number of benzene rings is 1. The number of thiazole rings is 1. The highest BCUT2D eigenvalue weighted by molar-refractivity contribution is 7.15. The highest BCUT2D eigenvalue weighted by Gasteiger charge is 2.24. The van der Waals surface area contributed by atoms with Crippen molar-refractivity contribution >= 4 is 22.2 Å². The Morgan fingerprint density at radius 1 is 1.20 bits per heavy atom. The van der Waals surface area contributed by atoms with E-state index in [1.807, 2.05) is 28.6 Å². The Bertz CT molecular complexity index is 973. The molecule has 6 nitrogen and oxygen atoms in total. The summed E-state index contributed by atoms with van der Waals surface area (Å²) < 4.78 is 7.36. The topological polar surface area (TPSA) is 58.9 Å². The number of nitrogens with one attached hydrogen (secondary N) is 1. The van der Waals surface area contributed by atoms with Gasteiger partial charge in [-0.2, -0.15) is 0 Å². The Labute approximate surface area is 181 Å². The first-order valence-electron chi connectivity index (χ1n) is 10.8. The second-order valence-electron chi connectivity index (χ2n) is 7.80. The SMILES string of the molecule is COc1cccc(CCNCc2c(C(=O)N3CCCCCCC3)nc3sccn23)c1. The van der Waals surface area contributed by atoms with Crippen LogP contribution in [-0.4, -0.2) is 46.9 Å². The largest absolute Gasteiger partial charge is 0.497 e. The first-order valence-corrected chi connectivity index (χ1v) is 11.7. The summed E-state index contributed by atoms with van der Waals surface area (Å²) in [6.07, 6.45) is 8.78. The van der Waals surface area contributed by atoms with Gasteiger partial charge >= 0.3 is 0 Å². The van der Waals surface area contributed by atoms with Gasteiger partial charge in [0.05, 0.1) is 12.8 Å². The van der Waals surface area contributed by atoms with Crippen molar-refractivity contribution in [2.45, 2.75) is 45.1 Å². The Kier molecular flexibility index (Phi) is 7.02. The molecular formula is C23H30N4O2S. The van der Waals surface area contributed by atoms with Crippen molar-refractivity contribution < 1.29 is 9.53 Å². The Balaban J connectivity index is 1.43. The van der Waals surface area contributed by atoms with Crippen LogP contribution in [0.2, 0.25) is 0 Å². The maximum Gasteiger partial charge on any atom is 0.274 e. The molecule has 0 atom stereocenters. The fraction of sp³-hybridized carbons (Fsp3) is 0.478. The quantitative estimate of drug-likeness (QED) is 0.577. The fourth-order valence-electron chi connectivity index (χ4n) is 4.04. The van der Waals surface area contributed by atoms with Crippen LogP contribution in [0, 0.1) is 0 Å². The lowest BCUT2D eigenvalue weighted by molar-refractivity contribution is 0.0736. The molecule has 3 heterocycles. The van der Waals surface area contributed by atoms with Crippen molar-refractivity contribution in [1.29, 1.82) is 0 Å². The highest BCUT2D eigenvalue weighted by atomic mass is 32.1. The highest BCUT2D eigenvalue weighted by Crippen LogP contribution is 2.21. The van der Waals surface area contributed by atoms with Gasteiger partial charge in [-0.15, -0.1) is 11.3 Å². The average Bonchev–Trinajstić information content (AvgIpc) is 3.33. The van der Waals surface area contributed by atoms with Gasteiger partial charge < -0.3 is 15.0 Å². The van der Waals surface area contributed by atoms with E-state index < -0.39 is 0 Å². The van der Waals surface area contributed by atoms with Gasteiger partial charge in [0, 0.05) is 31.2 Å². The molecule has 1 saturated heterocycles. The van der Waals surface area contributed by atoms with Gasteiger partial charge in [0.2, 0.25) is 0 Å². The van der Waals surface area contributed by atoms with Crippen LogP contribution in [0.1, 0.15) is 53.8 Å². The summed E-state index contributed by atoms with van der Waals surface area (Å²) >= 11 is 1.57. The van der Waals surface area contributed by atoms with Crippen LogP contribution in [0.3, 0.4) is 0 Å². The van der Waals surface area contributed by atoms with Gasteiger partial charge in [-0.05, 0) is 43.5 Å². The molecule has 4 rings (SSSR count). The van der Waals surface area contributed by atoms with E-state index in [1.165, 1.54) is 24.8 Å². The van der Waals surface area contributed by atoms with E-state index in [0.29, 0.717) is 12.2 Å². The minimum Gasteiger partial charge on any atom is -0.497 e. The summed E-state index contributed by atoms with van der Waals surface area (Å²) in [7, 11) is 1.69. The predicted octanol–water partition coefficient (Wildman–Crippen LogP) is 4.14. The van der Waals surface area contributed by atoms with Crippen molar-refractivity contribution in [3.63, 3.8) is 0 Å². The third-order valence-corrected chi connectivity index (χ3v) is 6.48. The van der Waals surface area contributed by atoms with Gasteiger partial charge in [-0.25, -0.2) is 4.98 Å². The molecule has 1 fully saturated rings. The van der Waals surface area contributed by atoms with Gasteiger partial charge in [0.15, 0.2) is 10.7 Å². The van der Waals surface area contributed by atoms with Crippen molar-refractivity contribution in [3.8, 4) is 5.75 Å². The lowest BCUT2D eigenvalue weighted by Gasteiger charge is -2.24. The number of fused-ring (bicyclic) bond motifs is 1. The number of imidazole rings is 1. The molecule has 1 aliphatic heterocycles. The van der Waals surface area contributed by atoms with Crippen molar-refractivity contribution in [2.75, 3.05) is 26.7 Å². The lowest BCUT2D eigenvalue weighted by Crippen LogP contribution is -2.35. The number of ether oxygens (including phenoxy) is 1. The summed E-state index contributed by atoms with van der Waals surface area (Å²) in [6, 6.07) is 8.14. The number of aromatic nitrogens is 2. The average molecular weight is 427 g/mol. The number of hydrogen-bond donors (Lipinski definition) is 1. The molecule has 1 N–H and O–H groups in total. The molecule has 30 heavy (non-hydrogen) atoms. The van der Waals surface area contributed by atoms with Crippen LogP contribution in [-0.2, 0) is 13.0 Å². The molecule has 160 valence electrons. The van der Waals surface area contributed by atoms with E-state index in [1.54, 1.807) is 18.4 Å². The molecule has 0 bridgehead atoms. The van der Waals surface area contributed by atoms with E-state index in [9.17, 15) is 4.79 Å². The molecule has 0 saturated carbocycles. The van der Waals surface area contributed by atoms with E-state index >= 15 is 0 Å². The van der Waals surface area contributed by atoms with Crippen LogP contribution in [0.25, 0.3) is 4.96 Å². The molecule has 0 spiro atoms. The van der Waals surface area contributed by atoms with E-state index in [-0.39, 0.29) is 5.91 Å². The molecule has 3 aromatic rings. The zero-order valence-electron chi connectivity index (χ0n) is 17.6. The number of likely N-dealkylation sites (tertiary alicyclic amines) is 1. The van der Waals surface area contributed by atoms with E-state index in [4.69, 9.17) is 9.72 Å². The van der Waals surface area contributed by atoms with Crippen molar-refractivity contribution in [1.82, 2.24) is 19.6 Å². The minimum atomic E-state index is 0.0809. The third kappa shape index (κ3) is 4.84. The summed E-state index contributed by atoms with van der Waals surface area (Å²) in [5.74, 6) is 0.960. The molecule has 0 aliphatic carbocycles. The second-order valence-corrected chi connectivity index (χ2v) is 8.67. The Morgan fingerprint density at radius 3 is 2.80 bits per heavy atom. The zero-order valence-corrected chi connectivity index (χ0v) is 18.4. The maximum atomic E-state index is 13.3. The van der Waals surface area contributed by atoms with Crippen LogP contribution in [0.5, 0.6) is 5.75 Å². The standard InChI is InChI=1S/C23H30N4O2S/c1-29-19-9-7-8-18(16-19)10-11-24-17-20-21(25-23-27(20)14-15-30-23)22(28)26-12-5-3-2-4-6-13-26/h7-9,14-16,24H,2-6,10-13,17H2,1H3. The number of nitrogens with zero attached hydrogens (tertiary/aromatic N) is 3. The van der Waals surface area contributed by atoms with Gasteiger partial charge in [-0.3, -0.25) is 9.20 Å². The molecule has 0 unspecified atom stereocenters. The Hall–Kier alpha value is -2.38. The summed E-state index contributed by atoms with van der Waals surface area (Å²) in [4.78, 5) is 20.9. The smallest absolute Gasteiger partial charge is 0.274 e. The minimum absolute atomic E-state index is 0.0809. The number of rotatable bonds is 7. The number of amides is 1. The zero-order chi connectivity index (χ0) is 20.8. The normalized spacial score (nSPS) is 15.2. The van der Waals surface area contributed by atoms with Crippen LogP contribution >= 0.6 is 11.3 Å². The molecule has 1 aromatic carbocycles. The van der Waals surface area contributed by atoms with Crippen molar-refractivity contribution in [3.05, 3.63) is 52.8 Å². The lowest BCUT2D eigenvalue weighted by atomic mass is 10.1. The molecule has 0 radical (unpaired) electrons. The molecule has 1 aliphatic rings. The van der Waals surface area contributed by atoms with Crippen LogP contribution in [0.4, 0.5) is 0 Å². The summed E-state index contributed by atoms with van der Waals surface area (Å²) in [5, 5.41) is 5.53. The third-order valence-electron chi connectivity index (χ3n) is 5.72. The van der Waals surface area contributed by atoms with Crippen molar-refractivity contribution in [2.24, 2.45) is 0 Å². The second kappa shape index (κ2) is 10.1. The van der Waals surface area contributed by atoms with Gasteiger partial charge in [0.1, 0.15) is 5.75 Å². The molecular weight excluding hydrogens is 396 g/mol. The monoisotopic (exact) mass is 426 g/mol. The molecule has 1 amide bonds. The van der Waals surface area contributed by atoms with Crippen LogP contribution in [0.15, 0.2) is 35.8 Å². The maximum absolute atomic E-state index is 13.3. The fourth-order valence-corrected chi connectivity index (χ4v) is 4.77. The van der Waals surface area contributed by atoms with E-state index in [2.05, 4.69) is 21.9 Å². The summed E-state index contributed by atoms with van der Waals surface area (Å²) in [5.41, 5.74) is 2.80. The van der Waals surface area contributed by atoms with Crippen LogP contribution < -0.4 is 10.1 Å². The first-order chi connectivity index (χ1) is 14.8. The number of carbonyl (C=O) groups is 1. The number of carbonyl (C=O) groups excluding carboxylic acids is 1. The first kappa shape index (κ1) is 20.9. The van der Waals surface area contributed by atoms with Gasteiger partial charge in [-0.1, -0.05) is 31.4 Å². The Morgan fingerprint density at radius 2 is 2.00 bits per heavy atom. The molecule has 2 aromatic heterocycles.